The Hall–Kier alpha value is -3.61. The second kappa shape index (κ2) is 9.54. The van der Waals surface area contributed by atoms with E-state index in [1.807, 2.05) is 44.2 Å². The summed E-state index contributed by atoms with van der Waals surface area (Å²) in [6.07, 6.45) is 0. The van der Waals surface area contributed by atoms with Gasteiger partial charge in [-0.1, -0.05) is 24.3 Å². The van der Waals surface area contributed by atoms with Crippen LogP contribution in [0.3, 0.4) is 0 Å². The van der Waals surface area contributed by atoms with Gasteiger partial charge in [-0.2, -0.15) is 0 Å². The Labute approximate surface area is 170 Å². The molecule has 0 unspecified atom stereocenters. The minimum atomic E-state index is -0.384. The van der Waals surface area contributed by atoms with Gasteiger partial charge in [-0.15, -0.1) is 0 Å². The zero-order valence-corrected chi connectivity index (χ0v) is 16.7. The number of rotatable bonds is 8. The van der Waals surface area contributed by atoms with Crippen LogP contribution < -0.4 is 15.4 Å². The Morgan fingerprint density at radius 2 is 1.52 bits per heavy atom. The summed E-state index contributed by atoms with van der Waals surface area (Å²) in [5, 5.41) is 6.47. The van der Waals surface area contributed by atoms with Crippen LogP contribution in [0.4, 0.5) is 23.0 Å². The van der Waals surface area contributed by atoms with E-state index in [0.717, 1.165) is 11.4 Å². The van der Waals surface area contributed by atoms with E-state index in [9.17, 15) is 4.79 Å². The van der Waals surface area contributed by atoms with Crippen LogP contribution in [0.1, 0.15) is 30.0 Å². The molecule has 0 bridgehead atoms. The second-order valence-corrected chi connectivity index (χ2v) is 6.13. The fraction of sp³-hybridized carbons (Fsp3) is 0.227. The Morgan fingerprint density at radius 1 is 0.897 bits per heavy atom. The zero-order chi connectivity index (χ0) is 20.6. The molecule has 2 N–H and O–H groups in total. The topological polar surface area (TPSA) is 85.4 Å². The SMILES string of the molecule is CCOC(=O)c1ccccc1Nc1cc(Nc2ccccc2OCC)nc(C)n1. The maximum Gasteiger partial charge on any atom is 0.340 e. The van der Waals surface area contributed by atoms with Crippen LogP contribution in [0.25, 0.3) is 0 Å². The summed E-state index contributed by atoms with van der Waals surface area (Å²) in [5.74, 6) is 2.12. The maximum absolute atomic E-state index is 12.2. The highest BCUT2D eigenvalue weighted by Crippen LogP contribution is 2.28. The van der Waals surface area contributed by atoms with E-state index in [1.165, 1.54) is 0 Å². The number of ether oxygens (including phenoxy) is 2. The molecule has 3 rings (SSSR count). The number of benzene rings is 2. The fourth-order valence-corrected chi connectivity index (χ4v) is 2.80. The number of carbonyl (C=O) groups excluding carboxylic acids is 1. The van der Waals surface area contributed by atoms with Crippen molar-refractivity contribution in [3.63, 3.8) is 0 Å². The lowest BCUT2D eigenvalue weighted by Gasteiger charge is -2.14. The lowest BCUT2D eigenvalue weighted by Crippen LogP contribution is -2.09. The van der Waals surface area contributed by atoms with Crippen LogP contribution in [0.15, 0.2) is 54.6 Å². The van der Waals surface area contributed by atoms with Crippen LogP contribution in [0.5, 0.6) is 5.75 Å². The molecule has 1 heterocycles. The normalized spacial score (nSPS) is 10.3. The standard InChI is InChI=1S/C22H24N4O3/c1-4-28-19-13-9-8-12-18(19)26-21-14-20(23-15(3)24-21)25-17-11-7-6-10-16(17)22(27)29-5-2/h6-14H,4-5H2,1-3H3,(H2,23,24,25,26). The van der Waals surface area contributed by atoms with E-state index in [-0.39, 0.29) is 5.97 Å². The molecule has 0 amide bonds. The predicted molar refractivity (Wildman–Crippen MR) is 113 cm³/mol. The van der Waals surface area contributed by atoms with Crippen molar-refractivity contribution in [1.82, 2.24) is 9.97 Å². The highest BCUT2D eigenvalue weighted by atomic mass is 16.5. The zero-order valence-electron chi connectivity index (χ0n) is 16.7. The monoisotopic (exact) mass is 392 g/mol. The Bertz CT molecular complexity index is 991. The number of nitrogens with one attached hydrogen (secondary N) is 2. The molecule has 0 aliphatic carbocycles. The molecule has 0 aliphatic heterocycles. The number of nitrogens with zero attached hydrogens (tertiary/aromatic N) is 2. The third kappa shape index (κ3) is 5.22. The minimum Gasteiger partial charge on any atom is -0.492 e. The number of hydrogen-bond donors (Lipinski definition) is 2. The fourth-order valence-electron chi connectivity index (χ4n) is 2.80. The Morgan fingerprint density at radius 3 is 2.21 bits per heavy atom. The van der Waals surface area contributed by atoms with Crippen molar-refractivity contribution in [3.8, 4) is 5.75 Å². The number of carbonyl (C=O) groups is 1. The summed E-state index contributed by atoms with van der Waals surface area (Å²) in [5.41, 5.74) is 1.87. The van der Waals surface area contributed by atoms with Crippen molar-refractivity contribution >= 4 is 29.0 Å². The van der Waals surface area contributed by atoms with E-state index < -0.39 is 0 Å². The molecule has 0 saturated heterocycles. The first-order valence-electron chi connectivity index (χ1n) is 9.48. The molecular formula is C22H24N4O3. The minimum absolute atomic E-state index is 0.313. The highest BCUT2D eigenvalue weighted by Gasteiger charge is 2.13. The average molecular weight is 392 g/mol. The second-order valence-electron chi connectivity index (χ2n) is 6.13. The van der Waals surface area contributed by atoms with Crippen LogP contribution in [0, 0.1) is 6.92 Å². The number of para-hydroxylation sites is 3. The number of anilines is 4. The molecule has 150 valence electrons. The van der Waals surface area contributed by atoms with E-state index in [0.29, 0.717) is 41.9 Å². The van der Waals surface area contributed by atoms with Crippen LogP contribution in [0.2, 0.25) is 0 Å². The summed E-state index contributed by atoms with van der Waals surface area (Å²) in [6.45, 7) is 6.41. The molecule has 0 radical (unpaired) electrons. The van der Waals surface area contributed by atoms with Crippen molar-refractivity contribution in [1.29, 1.82) is 0 Å². The van der Waals surface area contributed by atoms with E-state index >= 15 is 0 Å². The first kappa shape index (κ1) is 20.1. The van der Waals surface area contributed by atoms with Crippen molar-refractivity contribution in [2.75, 3.05) is 23.8 Å². The first-order chi connectivity index (χ1) is 14.1. The predicted octanol–water partition coefficient (Wildman–Crippen LogP) is 4.85. The Balaban J connectivity index is 1.87. The molecule has 1 aromatic heterocycles. The lowest BCUT2D eigenvalue weighted by atomic mass is 10.2. The maximum atomic E-state index is 12.2. The molecule has 0 aliphatic rings. The van der Waals surface area contributed by atoms with Crippen LogP contribution in [-0.4, -0.2) is 29.2 Å². The van der Waals surface area contributed by atoms with Gasteiger partial charge < -0.3 is 20.1 Å². The summed E-state index contributed by atoms with van der Waals surface area (Å²) in [6, 6.07) is 16.6. The van der Waals surface area contributed by atoms with Gasteiger partial charge in [0.15, 0.2) is 0 Å². The first-order valence-corrected chi connectivity index (χ1v) is 9.48. The van der Waals surface area contributed by atoms with Crippen molar-refractivity contribution < 1.29 is 14.3 Å². The molecule has 3 aromatic rings. The van der Waals surface area contributed by atoms with Crippen LogP contribution >= 0.6 is 0 Å². The van der Waals surface area contributed by atoms with Gasteiger partial charge >= 0.3 is 5.97 Å². The molecule has 0 atom stereocenters. The van der Waals surface area contributed by atoms with Gasteiger partial charge in [-0.05, 0) is 45.0 Å². The molecular weight excluding hydrogens is 368 g/mol. The number of aryl methyl sites for hydroxylation is 1. The smallest absolute Gasteiger partial charge is 0.340 e. The third-order valence-corrected chi connectivity index (χ3v) is 3.97. The van der Waals surface area contributed by atoms with Gasteiger partial charge in [-0.25, -0.2) is 14.8 Å². The molecule has 7 nitrogen and oxygen atoms in total. The van der Waals surface area contributed by atoms with Gasteiger partial charge in [0.2, 0.25) is 0 Å². The highest BCUT2D eigenvalue weighted by molar-refractivity contribution is 5.96. The molecule has 0 spiro atoms. The van der Waals surface area contributed by atoms with Crippen molar-refractivity contribution in [2.45, 2.75) is 20.8 Å². The third-order valence-electron chi connectivity index (χ3n) is 3.97. The largest absolute Gasteiger partial charge is 0.492 e. The van der Waals surface area contributed by atoms with Gasteiger partial charge in [-0.3, -0.25) is 0 Å². The van der Waals surface area contributed by atoms with Crippen molar-refractivity contribution in [2.24, 2.45) is 0 Å². The molecule has 2 aromatic carbocycles. The van der Waals surface area contributed by atoms with E-state index in [2.05, 4.69) is 20.6 Å². The van der Waals surface area contributed by atoms with Crippen LogP contribution in [-0.2, 0) is 4.74 Å². The quantitative estimate of drug-likeness (QED) is 0.530. The number of aromatic nitrogens is 2. The summed E-state index contributed by atoms with van der Waals surface area (Å²) >= 11 is 0. The number of esters is 1. The van der Waals surface area contributed by atoms with Crippen molar-refractivity contribution in [3.05, 3.63) is 66.0 Å². The van der Waals surface area contributed by atoms with E-state index in [1.54, 1.807) is 31.2 Å². The summed E-state index contributed by atoms with van der Waals surface area (Å²) in [4.78, 5) is 21.1. The van der Waals surface area contributed by atoms with Gasteiger partial charge in [0.05, 0.1) is 30.2 Å². The average Bonchev–Trinajstić information content (AvgIpc) is 2.70. The van der Waals surface area contributed by atoms with E-state index in [4.69, 9.17) is 9.47 Å². The Kier molecular flexibility index (Phi) is 6.63. The molecule has 7 heteroatoms. The summed E-state index contributed by atoms with van der Waals surface area (Å²) < 4.78 is 10.8. The number of hydrogen-bond acceptors (Lipinski definition) is 7. The van der Waals surface area contributed by atoms with Gasteiger partial charge in [0.1, 0.15) is 23.2 Å². The molecule has 29 heavy (non-hydrogen) atoms. The van der Waals surface area contributed by atoms with Gasteiger partial charge in [0, 0.05) is 6.07 Å². The summed E-state index contributed by atoms with van der Waals surface area (Å²) in [7, 11) is 0. The van der Waals surface area contributed by atoms with Gasteiger partial charge in [0.25, 0.3) is 0 Å². The molecule has 0 saturated carbocycles. The molecule has 0 fully saturated rings. The lowest BCUT2D eigenvalue weighted by molar-refractivity contribution is 0.0527.